The zero-order chi connectivity index (χ0) is 13.7. The topological polar surface area (TPSA) is 55.6 Å². The monoisotopic (exact) mass is 279 g/mol. The Kier molecular flexibility index (Phi) is 5.04. The van der Waals surface area contributed by atoms with Gasteiger partial charge >= 0.3 is 0 Å². The molecule has 6 heteroatoms. The molecule has 0 aliphatic heterocycles. The minimum atomic E-state index is 0.0986. The minimum absolute atomic E-state index is 0.0986. The quantitative estimate of drug-likeness (QED) is 0.845. The fraction of sp³-hybridized carbons (Fsp3) is 0.615. The predicted molar refractivity (Wildman–Crippen MR) is 77.3 cm³/mol. The van der Waals surface area contributed by atoms with Gasteiger partial charge in [-0.25, -0.2) is 4.98 Å². The molecular formula is C13H21N5S. The molecule has 0 aromatic carbocycles. The summed E-state index contributed by atoms with van der Waals surface area (Å²) >= 11 is 1.48. The van der Waals surface area contributed by atoms with Gasteiger partial charge in [0.05, 0.1) is 10.6 Å². The van der Waals surface area contributed by atoms with E-state index in [1.54, 1.807) is 0 Å². The number of nitrogens with zero attached hydrogens (tertiary/aromatic N) is 4. The van der Waals surface area contributed by atoms with E-state index in [-0.39, 0.29) is 6.04 Å². The molecule has 1 atom stereocenters. The zero-order valence-corrected chi connectivity index (χ0v) is 12.6. The highest BCUT2D eigenvalue weighted by Gasteiger charge is 2.23. The maximum absolute atomic E-state index is 4.51. The normalized spacial score (nSPS) is 12.8. The number of imidazole rings is 1. The van der Waals surface area contributed by atoms with Gasteiger partial charge in [0.2, 0.25) is 0 Å². The van der Waals surface area contributed by atoms with Crippen LogP contribution >= 0.6 is 11.5 Å². The van der Waals surface area contributed by atoms with Crippen LogP contribution in [0.15, 0.2) is 12.4 Å². The summed E-state index contributed by atoms with van der Waals surface area (Å²) in [4.78, 5) is 5.71. The maximum Gasteiger partial charge on any atom is 0.131 e. The van der Waals surface area contributed by atoms with Gasteiger partial charge in [0.25, 0.3) is 0 Å². The van der Waals surface area contributed by atoms with Gasteiger partial charge in [0, 0.05) is 18.9 Å². The predicted octanol–water partition coefficient (Wildman–Crippen LogP) is 2.41. The molecule has 1 N–H and O–H groups in total. The molecule has 0 spiro atoms. The highest BCUT2D eigenvalue weighted by atomic mass is 32.1. The average Bonchev–Trinajstić information content (AvgIpc) is 3.05. The van der Waals surface area contributed by atoms with Crippen molar-refractivity contribution in [1.29, 1.82) is 0 Å². The van der Waals surface area contributed by atoms with Crippen LogP contribution < -0.4 is 5.32 Å². The second kappa shape index (κ2) is 6.77. The molecule has 1 unspecified atom stereocenters. The SMILES string of the molecule is CCCc1nnsc1C(NCC)c1nccn1CC. The first-order valence-electron chi connectivity index (χ1n) is 6.87. The van der Waals surface area contributed by atoms with Gasteiger partial charge in [-0.3, -0.25) is 0 Å². The summed E-state index contributed by atoms with van der Waals surface area (Å²) in [6, 6.07) is 0.0986. The molecule has 19 heavy (non-hydrogen) atoms. The molecular weight excluding hydrogens is 258 g/mol. The summed E-state index contributed by atoms with van der Waals surface area (Å²) in [5, 5.41) is 7.77. The molecule has 5 nitrogen and oxygen atoms in total. The molecule has 0 bridgehead atoms. The largest absolute Gasteiger partial charge is 0.334 e. The highest BCUT2D eigenvalue weighted by molar-refractivity contribution is 7.05. The summed E-state index contributed by atoms with van der Waals surface area (Å²) in [6.45, 7) is 8.22. The number of hydrogen-bond donors (Lipinski definition) is 1. The van der Waals surface area contributed by atoms with E-state index in [1.165, 1.54) is 16.4 Å². The Morgan fingerprint density at radius 3 is 2.89 bits per heavy atom. The highest BCUT2D eigenvalue weighted by Crippen LogP contribution is 2.26. The Hall–Kier alpha value is -1.27. The van der Waals surface area contributed by atoms with E-state index < -0.39 is 0 Å². The first kappa shape index (κ1) is 14.1. The van der Waals surface area contributed by atoms with Crippen molar-refractivity contribution in [2.45, 2.75) is 46.2 Å². The van der Waals surface area contributed by atoms with E-state index in [4.69, 9.17) is 0 Å². The lowest BCUT2D eigenvalue weighted by Gasteiger charge is -2.17. The maximum atomic E-state index is 4.51. The molecule has 0 fully saturated rings. The first-order chi connectivity index (χ1) is 9.31. The third kappa shape index (κ3) is 3.01. The Balaban J connectivity index is 2.36. The van der Waals surface area contributed by atoms with Crippen LogP contribution in [0, 0.1) is 0 Å². The van der Waals surface area contributed by atoms with Gasteiger partial charge in [0.15, 0.2) is 0 Å². The Morgan fingerprint density at radius 1 is 1.37 bits per heavy atom. The van der Waals surface area contributed by atoms with Crippen molar-refractivity contribution < 1.29 is 0 Å². The van der Waals surface area contributed by atoms with Crippen LogP contribution in [0.4, 0.5) is 0 Å². The molecule has 0 amide bonds. The van der Waals surface area contributed by atoms with Gasteiger partial charge in [-0.15, -0.1) is 5.10 Å². The first-order valence-corrected chi connectivity index (χ1v) is 7.64. The second-order valence-electron chi connectivity index (χ2n) is 4.40. The van der Waals surface area contributed by atoms with E-state index in [0.717, 1.165) is 37.4 Å². The minimum Gasteiger partial charge on any atom is -0.334 e. The molecule has 0 radical (unpaired) electrons. The lowest BCUT2D eigenvalue weighted by Crippen LogP contribution is -2.25. The molecule has 0 aliphatic carbocycles. The molecule has 0 aliphatic rings. The van der Waals surface area contributed by atoms with Gasteiger partial charge < -0.3 is 9.88 Å². The van der Waals surface area contributed by atoms with Gasteiger partial charge in [-0.1, -0.05) is 24.8 Å². The molecule has 104 valence electrons. The molecule has 0 saturated heterocycles. The number of rotatable bonds is 7. The summed E-state index contributed by atoms with van der Waals surface area (Å²) in [5.74, 6) is 1.05. The lowest BCUT2D eigenvalue weighted by molar-refractivity contribution is 0.560. The van der Waals surface area contributed by atoms with Crippen molar-refractivity contribution in [1.82, 2.24) is 24.5 Å². The molecule has 2 aromatic heterocycles. The van der Waals surface area contributed by atoms with Crippen LogP contribution in [0.3, 0.4) is 0 Å². The fourth-order valence-corrected chi connectivity index (χ4v) is 2.97. The third-order valence-corrected chi connectivity index (χ3v) is 3.92. The molecule has 2 aromatic rings. The third-order valence-electron chi connectivity index (χ3n) is 3.09. The van der Waals surface area contributed by atoms with Gasteiger partial charge in [-0.2, -0.15) is 0 Å². The van der Waals surface area contributed by atoms with E-state index >= 15 is 0 Å². The van der Waals surface area contributed by atoms with Crippen molar-refractivity contribution in [2.75, 3.05) is 6.54 Å². The summed E-state index contributed by atoms with van der Waals surface area (Å²) in [6.07, 6.45) is 5.94. The number of hydrogen-bond acceptors (Lipinski definition) is 5. The van der Waals surface area contributed by atoms with Gasteiger partial charge in [0.1, 0.15) is 11.9 Å². The van der Waals surface area contributed by atoms with Crippen LogP contribution in [-0.4, -0.2) is 25.7 Å². The number of aryl methyl sites for hydroxylation is 2. The van der Waals surface area contributed by atoms with E-state index in [9.17, 15) is 0 Å². The Bertz CT molecular complexity index is 505. The standard InChI is InChI=1S/C13H21N5S/c1-4-7-10-12(19-17-16-10)11(14-5-2)13-15-8-9-18(13)6-3/h8-9,11,14H,4-7H2,1-3H3. The van der Waals surface area contributed by atoms with Crippen LogP contribution in [0.25, 0.3) is 0 Å². The lowest BCUT2D eigenvalue weighted by atomic mass is 10.1. The number of aromatic nitrogens is 4. The average molecular weight is 279 g/mol. The van der Waals surface area contributed by atoms with Crippen molar-refractivity contribution in [3.05, 3.63) is 28.8 Å². The van der Waals surface area contributed by atoms with Crippen molar-refractivity contribution in [3.63, 3.8) is 0 Å². The second-order valence-corrected chi connectivity index (χ2v) is 5.18. The van der Waals surface area contributed by atoms with Crippen molar-refractivity contribution in [2.24, 2.45) is 0 Å². The van der Waals surface area contributed by atoms with Crippen molar-refractivity contribution in [3.8, 4) is 0 Å². The summed E-state index contributed by atoms with van der Waals surface area (Å²) in [7, 11) is 0. The van der Waals surface area contributed by atoms with Crippen molar-refractivity contribution >= 4 is 11.5 Å². The Labute approximate surface area is 118 Å². The van der Waals surface area contributed by atoms with E-state index in [2.05, 4.69) is 45.2 Å². The Morgan fingerprint density at radius 2 is 2.21 bits per heavy atom. The fourth-order valence-electron chi connectivity index (χ4n) is 2.20. The van der Waals surface area contributed by atoms with Crippen LogP contribution in [0.5, 0.6) is 0 Å². The number of nitrogens with one attached hydrogen (secondary N) is 1. The zero-order valence-electron chi connectivity index (χ0n) is 11.8. The molecule has 2 rings (SSSR count). The smallest absolute Gasteiger partial charge is 0.131 e. The van der Waals surface area contributed by atoms with Crippen LogP contribution in [0.2, 0.25) is 0 Å². The summed E-state index contributed by atoms with van der Waals surface area (Å²) in [5.41, 5.74) is 1.10. The van der Waals surface area contributed by atoms with Crippen LogP contribution in [-0.2, 0) is 13.0 Å². The molecule has 2 heterocycles. The van der Waals surface area contributed by atoms with Gasteiger partial charge in [-0.05, 0) is 31.4 Å². The van der Waals surface area contributed by atoms with E-state index in [1.807, 2.05) is 12.4 Å². The summed E-state index contributed by atoms with van der Waals surface area (Å²) < 4.78 is 6.29. The van der Waals surface area contributed by atoms with E-state index in [0.29, 0.717) is 0 Å². The van der Waals surface area contributed by atoms with Crippen LogP contribution in [0.1, 0.15) is 49.6 Å². The molecule has 0 saturated carbocycles.